The molecule has 0 spiro atoms. The van der Waals surface area contributed by atoms with Gasteiger partial charge in [0.25, 0.3) is 0 Å². The molecule has 1 aliphatic rings. The molecule has 0 radical (unpaired) electrons. The summed E-state index contributed by atoms with van der Waals surface area (Å²) in [6.45, 7) is 7.40. The van der Waals surface area contributed by atoms with Gasteiger partial charge in [-0.25, -0.2) is 4.98 Å². The first-order chi connectivity index (χ1) is 11.7. The number of benzene rings is 2. The standard InChI is InChI=1S/C22H22N2/c1-16-20(9-6-10-21(16)19-11-12-19)17(2)22-23-13-14-24(22)15-18-7-4-3-5-8-18/h3-10,13-14,19H,2,11-12,15H2,1H3. The first-order valence-electron chi connectivity index (χ1n) is 8.58. The molecule has 120 valence electrons. The minimum atomic E-state index is 0.752. The minimum Gasteiger partial charge on any atom is -0.327 e. The maximum absolute atomic E-state index is 4.58. The van der Waals surface area contributed by atoms with E-state index in [0.717, 1.165) is 23.9 Å². The molecule has 0 aliphatic heterocycles. The van der Waals surface area contributed by atoms with Gasteiger partial charge in [0.1, 0.15) is 5.82 Å². The van der Waals surface area contributed by atoms with Gasteiger partial charge in [0.15, 0.2) is 0 Å². The molecule has 3 aromatic rings. The van der Waals surface area contributed by atoms with Crippen molar-refractivity contribution < 1.29 is 0 Å². The summed E-state index contributed by atoms with van der Waals surface area (Å²) in [4.78, 5) is 4.58. The van der Waals surface area contributed by atoms with Crippen molar-refractivity contribution in [2.24, 2.45) is 0 Å². The molecule has 1 saturated carbocycles. The summed E-state index contributed by atoms with van der Waals surface area (Å²) in [5.74, 6) is 1.71. The fourth-order valence-corrected chi connectivity index (χ4v) is 3.43. The van der Waals surface area contributed by atoms with Crippen LogP contribution in [0.4, 0.5) is 0 Å². The molecule has 2 nitrogen and oxygen atoms in total. The number of rotatable bonds is 5. The lowest BCUT2D eigenvalue weighted by molar-refractivity contribution is 0.783. The zero-order chi connectivity index (χ0) is 16.5. The van der Waals surface area contributed by atoms with Crippen LogP contribution in [0.5, 0.6) is 0 Å². The lowest BCUT2D eigenvalue weighted by Crippen LogP contribution is -2.05. The summed E-state index contributed by atoms with van der Waals surface area (Å²) in [6, 6.07) is 17.1. The molecular formula is C22H22N2. The third kappa shape index (κ3) is 2.80. The van der Waals surface area contributed by atoms with Crippen LogP contribution in [-0.2, 0) is 6.54 Å². The van der Waals surface area contributed by atoms with Crippen molar-refractivity contribution in [3.8, 4) is 0 Å². The summed E-state index contributed by atoms with van der Waals surface area (Å²) in [5.41, 5.74) is 6.35. The second kappa shape index (κ2) is 6.12. The predicted octanol–water partition coefficient (Wildman–Crippen LogP) is 5.18. The fraction of sp³-hybridized carbons (Fsp3) is 0.227. The second-order valence-electron chi connectivity index (χ2n) is 6.64. The Morgan fingerprint density at radius 1 is 1.12 bits per heavy atom. The van der Waals surface area contributed by atoms with Gasteiger partial charge in [-0.3, -0.25) is 0 Å². The summed E-state index contributed by atoms with van der Waals surface area (Å²) in [6.07, 6.45) is 6.54. The van der Waals surface area contributed by atoms with E-state index >= 15 is 0 Å². The Hall–Kier alpha value is -2.61. The third-order valence-corrected chi connectivity index (χ3v) is 4.90. The smallest absolute Gasteiger partial charge is 0.140 e. The molecule has 2 aromatic carbocycles. The molecule has 0 bridgehead atoms. The van der Waals surface area contributed by atoms with E-state index in [1.807, 2.05) is 18.5 Å². The number of aromatic nitrogens is 2. The van der Waals surface area contributed by atoms with Crippen LogP contribution in [0, 0.1) is 6.92 Å². The summed E-state index contributed by atoms with van der Waals surface area (Å²) >= 11 is 0. The molecule has 1 heterocycles. The van der Waals surface area contributed by atoms with Crippen molar-refractivity contribution in [2.45, 2.75) is 32.2 Å². The van der Waals surface area contributed by atoms with Crippen LogP contribution >= 0.6 is 0 Å². The maximum atomic E-state index is 4.58. The highest BCUT2D eigenvalue weighted by Crippen LogP contribution is 2.43. The van der Waals surface area contributed by atoms with E-state index in [0.29, 0.717) is 0 Å². The fourth-order valence-electron chi connectivity index (χ4n) is 3.43. The maximum Gasteiger partial charge on any atom is 0.140 e. The molecule has 2 heteroatoms. The lowest BCUT2D eigenvalue weighted by atomic mass is 9.94. The van der Waals surface area contributed by atoms with Crippen molar-refractivity contribution in [3.63, 3.8) is 0 Å². The van der Waals surface area contributed by atoms with Gasteiger partial charge in [0, 0.05) is 24.5 Å². The molecule has 0 unspecified atom stereocenters. The van der Waals surface area contributed by atoms with Gasteiger partial charge in [0.05, 0.1) is 0 Å². The van der Waals surface area contributed by atoms with Gasteiger partial charge < -0.3 is 4.57 Å². The normalized spacial score (nSPS) is 13.9. The van der Waals surface area contributed by atoms with Crippen LogP contribution < -0.4 is 0 Å². The zero-order valence-electron chi connectivity index (χ0n) is 14.1. The summed E-state index contributed by atoms with van der Waals surface area (Å²) in [7, 11) is 0. The van der Waals surface area contributed by atoms with E-state index in [2.05, 4.69) is 65.5 Å². The average Bonchev–Trinajstić information content (AvgIpc) is 3.34. The molecule has 24 heavy (non-hydrogen) atoms. The largest absolute Gasteiger partial charge is 0.327 e. The molecular weight excluding hydrogens is 292 g/mol. The lowest BCUT2D eigenvalue weighted by Gasteiger charge is -2.15. The van der Waals surface area contributed by atoms with Gasteiger partial charge >= 0.3 is 0 Å². The summed E-state index contributed by atoms with van der Waals surface area (Å²) in [5, 5.41) is 0. The average molecular weight is 314 g/mol. The third-order valence-electron chi connectivity index (χ3n) is 4.90. The molecule has 1 aliphatic carbocycles. The predicted molar refractivity (Wildman–Crippen MR) is 99.1 cm³/mol. The van der Waals surface area contributed by atoms with E-state index in [1.165, 1.54) is 35.1 Å². The number of imidazole rings is 1. The molecule has 0 N–H and O–H groups in total. The molecule has 0 saturated heterocycles. The van der Waals surface area contributed by atoms with Crippen LogP contribution in [0.25, 0.3) is 5.57 Å². The molecule has 0 atom stereocenters. The van der Waals surface area contributed by atoms with Crippen LogP contribution in [0.3, 0.4) is 0 Å². The molecule has 4 rings (SSSR count). The van der Waals surface area contributed by atoms with Crippen molar-refractivity contribution in [3.05, 3.63) is 95.6 Å². The van der Waals surface area contributed by atoms with Gasteiger partial charge in [-0.05, 0) is 47.9 Å². The van der Waals surface area contributed by atoms with E-state index in [4.69, 9.17) is 0 Å². The van der Waals surface area contributed by atoms with E-state index < -0.39 is 0 Å². The summed E-state index contributed by atoms with van der Waals surface area (Å²) < 4.78 is 2.18. The highest BCUT2D eigenvalue weighted by atomic mass is 15.1. The van der Waals surface area contributed by atoms with Crippen molar-refractivity contribution >= 4 is 5.57 Å². The van der Waals surface area contributed by atoms with Crippen molar-refractivity contribution in [1.82, 2.24) is 9.55 Å². The monoisotopic (exact) mass is 314 g/mol. The Bertz CT molecular complexity index is 870. The molecule has 1 fully saturated rings. The highest BCUT2D eigenvalue weighted by Gasteiger charge is 2.26. The molecule has 0 amide bonds. The Morgan fingerprint density at radius 2 is 1.92 bits per heavy atom. The van der Waals surface area contributed by atoms with Gasteiger partial charge in [-0.15, -0.1) is 0 Å². The van der Waals surface area contributed by atoms with Crippen LogP contribution in [0.1, 0.15) is 46.8 Å². The Labute approximate surface area is 143 Å². The quantitative estimate of drug-likeness (QED) is 0.634. The van der Waals surface area contributed by atoms with E-state index in [9.17, 15) is 0 Å². The first-order valence-corrected chi connectivity index (χ1v) is 8.58. The number of hydrogen-bond acceptors (Lipinski definition) is 1. The molecule has 1 aromatic heterocycles. The van der Waals surface area contributed by atoms with Crippen LogP contribution in [0.15, 0.2) is 67.5 Å². The Kier molecular flexibility index (Phi) is 3.81. The number of nitrogens with zero attached hydrogens (tertiary/aromatic N) is 2. The van der Waals surface area contributed by atoms with Crippen LogP contribution in [-0.4, -0.2) is 9.55 Å². The van der Waals surface area contributed by atoms with Gasteiger partial charge in [0.2, 0.25) is 0 Å². The van der Waals surface area contributed by atoms with Crippen molar-refractivity contribution in [2.75, 3.05) is 0 Å². The highest BCUT2D eigenvalue weighted by molar-refractivity contribution is 5.77. The van der Waals surface area contributed by atoms with Crippen LogP contribution in [0.2, 0.25) is 0 Å². The van der Waals surface area contributed by atoms with E-state index in [1.54, 1.807) is 0 Å². The van der Waals surface area contributed by atoms with Gasteiger partial charge in [-0.1, -0.05) is 55.1 Å². The van der Waals surface area contributed by atoms with E-state index in [-0.39, 0.29) is 0 Å². The second-order valence-corrected chi connectivity index (χ2v) is 6.64. The minimum absolute atomic E-state index is 0.752. The first kappa shape index (κ1) is 14.9. The number of hydrogen-bond donors (Lipinski definition) is 0. The topological polar surface area (TPSA) is 17.8 Å². The Morgan fingerprint density at radius 3 is 2.67 bits per heavy atom. The SMILES string of the molecule is C=C(c1cccc(C2CC2)c1C)c1nccn1Cc1ccccc1. The Balaban J connectivity index is 1.66. The van der Waals surface area contributed by atoms with Crippen molar-refractivity contribution in [1.29, 1.82) is 0 Å². The van der Waals surface area contributed by atoms with Gasteiger partial charge in [-0.2, -0.15) is 0 Å². The zero-order valence-corrected chi connectivity index (χ0v) is 14.1.